The minimum Gasteiger partial charge on any atom is -0.326 e. The van der Waals surface area contributed by atoms with Crippen LogP contribution in [0, 0.1) is 0 Å². The zero-order valence-electron chi connectivity index (χ0n) is 14.7. The lowest BCUT2D eigenvalue weighted by molar-refractivity contribution is -0.123. The van der Waals surface area contributed by atoms with Gasteiger partial charge in [-0.2, -0.15) is 0 Å². The molecule has 2 aliphatic heterocycles. The van der Waals surface area contributed by atoms with Gasteiger partial charge in [0.15, 0.2) is 0 Å². The Morgan fingerprint density at radius 2 is 1.80 bits per heavy atom. The zero-order valence-corrected chi connectivity index (χ0v) is 14.7. The summed E-state index contributed by atoms with van der Waals surface area (Å²) in [6.45, 7) is 4.99. The number of nitrogens with one attached hydrogen (secondary N) is 1. The molecule has 0 saturated carbocycles. The highest BCUT2D eigenvalue weighted by Gasteiger charge is 2.42. The van der Waals surface area contributed by atoms with E-state index in [0.29, 0.717) is 11.4 Å². The van der Waals surface area contributed by atoms with Crippen molar-refractivity contribution in [1.29, 1.82) is 0 Å². The second-order valence-electron chi connectivity index (χ2n) is 6.71. The highest BCUT2D eigenvalue weighted by Crippen LogP contribution is 2.27. The van der Waals surface area contributed by atoms with E-state index in [9.17, 15) is 14.4 Å². The molecule has 3 rings (SSSR count). The van der Waals surface area contributed by atoms with Crippen LogP contribution >= 0.6 is 0 Å². The molecule has 0 radical (unpaired) electrons. The van der Waals surface area contributed by atoms with Gasteiger partial charge in [-0.1, -0.05) is 0 Å². The van der Waals surface area contributed by atoms with E-state index in [1.807, 2.05) is 0 Å². The molecule has 25 heavy (non-hydrogen) atoms. The lowest BCUT2D eigenvalue weighted by Gasteiger charge is -2.25. The molecule has 1 N–H and O–H groups in total. The molecule has 0 aromatic heterocycles. The first-order valence-electron chi connectivity index (χ1n) is 8.63. The van der Waals surface area contributed by atoms with Gasteiger partial charge >= 0.3 is 0 Å². The number of hydrogen-bond acceptors (Lipinski definition) is 5. The van der Waals surface area contributed by atoms with Crippen molar-refractivity contribution in [3.8, 4) is 0 Å². The van der Waals surface area contributed by atoms with Gasteiger partial charge in [-0.3, -0.25) is 19.3 Å². The number of anilines is 2. The maximum absolute atomic E-state index is 12.9. The Hall–Kier alpha value is -2.25. The minimum atomic E-state index is -0.367. The number of carbonyl (C=O) groups is 3. The van der Waals surface area contributed by atoms with E-state index in [-0.39, 0.29) is 30.2 Å². The van der Waals surface area contributed by atoms with E-state index in [1.165, 1.54) is 11.8 Å². The largest absolute Gasteiger partial charge is 0.326 e. The molecule has 2 fully saturated rings. The summed E-state index contributed by atoms with van der Waals surface area (Å²) in [7, 11) is 2.08. The number of amides is 3. The van der Waals surface area contributed by atoms with E-state index in [0.717, 1.165) is 32.6 Å². The first-order chi connectivity index (χ1) is 12.0. The van der Waals surface area contributed by atoms with Crippen molar-refractivity contribution >= 4 is 29.1 Å². The number of hydrogen-bond donors (Lipinski definition) is 1. The Morgan fingerprint density at radius 1 is 1.08 bits per heavy atom. The van der Waals surface area contributed by atoms with E-state index in [4.69, 9.17) is 0 Å². The number of carbonyl (C=O) groups excluding carboxylic acids is 3. The van der Waals surface area contributed by atoms with Gasteiger partial charge in [0.2, 0.25) is 11.8 Å². The topological polar surface area (TPSA) is 73.0 Å². The zero-order chi connectivity index (χ0) is 18.0. The van der Waals surface area contributed by atoms with Gasteiger partial charge in [0, 0.05) is 32.2 Å². The highest BCUT2D eigenvalue weighted by molar-refractivity contribution is 6.22. The number of imide groups is 1. The third kappa shape index (κ3) is 3.88. The van der Waals surface area contributed by atoms with E-state index >= 15 is 0 Å². The Labute approximate surface area is 147 Å². The molecule has 2 heterocycles. The van der Waals surface area contributed by atoms with Crippen molar-refractivity contribution in [3.05, 3.63) is 24.3 Å². The lowest BCUT2D eigenvalue weighted by atomic mass is 10.2. The van der Waals surface area contributed by atoms with Crippen LogP contribution in [-0.2, 0) is 14.4 Å². The molecule has 7 heteroatoms. The second kappa shape index (κ2) is 7.33. The molecule has 3 amide bonds. The average Bonchev–Trinajstić information content (AvgIpc) is 2.72. The molecule has 2 saturated heterocycles. The van der Waals surface area contributed by atoms with Crippen molar-refractivity contribution in [2.45, 2.75) is 25.8 Å². The fourth-order valence-electron chi connectivity index (χ4n) is 3.45. The molecule has 0 aliphatic carbocycles. The number of likely N-dealkylation sites (N-methyl/N-ethyl adjacent to an activating group) is 1. The Morgan fingerprint density at radius 3 is 2.48 bits per heavy atom. The van der Waals surface area contributed by atoms with Crippen LogP contribution < -0.4 is 10.2 Å². The van der Waals surface area contributed by atoms with Crippen LogP contribution in [-0.4, -0.2) is 66.8 Å². The predicted molar refractivity (Wildman–Crippen MR) is 95.3 cm³/mol. The SMILES string of the molecule is CC(=O)Nc1ccc(N2C(=O)CC(N3CCCN(C)CC3)C2=O)cc1. The van der Waals surface area contributed by atoms with Crippen LogP contribution in [0.25, 0.3) is 0 Å². The van der Waals surface area contributed by atoms with Crippen molar-refractivity contribution < 1.29 is 14.4 Å². The number of benzene rings is 1. The summed E-state index contributed by atoms with van der Waals surface area (Å²) in [4.78, 5) is 42.0. The van der Waals surface area contributed by atoms with Gasteiger partial charge in [0.1, 0.15) is 0 Å². The predicted octanol–water partition coefficient (Wildman–Crippen LogP) is 0.914. The van der Waals surface area contributed by atoms with E-state index in [2.05, 4.69) is 22.2 Å². The lowest BCUT2D eigenvalue weighted by Crippen LogP contribution is -2.43. The Kier molecular flexibility index (Phi) is 5.15. The van der Waals surface area contributed by atoms with Crippen LogP contribution in [0.4, 0.5) is 11.4 Å². The molecule has 1 atom stereocenters. The Balaban J connectivity index is 1.73. The van der Waals surface area contributed by atoms with Gasteiger partial charge in [-0.15, -0.1) is 0 Å². The maximum atomic E-state index is 12.9. The molecule has 1 unspecified atom stereocenters. The molecule has 1 aromatic rings. The summed E-state index contributed by atoms with van der Waals surface area (Å²) in [5.74, 6) is -0.478. The Bertz CT molecular complexity index is 673. The number of nitrogens with zero attached hydrogens (tertiary/aromatic N) is 3. The van der Waals surface area contributed by atoms with Gasteiger partial charge in [0.05, 0.1) is 18.2 Å². The average molecular weight is 344 g/mol. The van der Waals surface area contributed by atoms with Crippen molar-refractivity contribution in [2.75, 3.05) is 43.4 Å². The summed E-state index contributed by atoms with van der Waals surface area (Å²) < 4.78 is 0. The van der Waals surface area contributed by atoms with Crippen molar-refractivity contribution in [3.63, 3.8) is 0 Å². The van der Waals surface area contributed by atoms with Crippen LogP contribution in [0.1, 0.15) is 19.8 Å². The van der Waals surface area contributed by atoms with Crippen LogP contribution in [0.3, 0.4) is 0 Å². The molecule has 0 bridgehead atoms. The quantitative estimate of drug-likeness (QED) is 0.826. The molecule has 1 aromatic carbocycles. The first-order valence-corrected chi connectivity index (χ1v) is 8.63. The van der Waals surface area contributed by atoms with Gasteiger partial charge in [0.25, 0.3) is 5.91 Å². The highest BCUT2D eigenvalue weighted by atomic mass is 16.2. The van der Waals surface area contributed by atoms with Crippen LogP contribution in [0.15, 0.2) is 24.3 Å². The molecular weight excluding hydrogens is 320 g/mol. The first kappa shape index (κ1) is 17.6. The molecular formula is C18H24N4O3. The third-order valence-corrected chi connectivity index (χ3v) is 4.76. The fourth-order valence-corrected chi connectivity index (χ4v) is 3.45. The fraction of sp³-hybridized carbons (Fsp3) is 0.500. The normalized spacial score (nSPS) is 23.0. The van der Waals surface area contributed by atoms with Gasteiger partial charge in [-0.05, 0) is 44.3 Å². The molecule has 0 spiro atoms. The maximum Gasteiger partial charge on any atom is 0.251 e. The third-order valence-electron chi connectivity index (χ3n) is 4.76. The van der Waals surface area contributed by atoms with Crippen LogP contribution in [0.2, 0.25) is 0 Å². The van der Waals surface area contributed by atoms with Crippen molar-refractivity contribution in [2.24, 2.45) is 0 Å². The summed E-state index contributed by atoms with van der Waals surface area (Å²) in [5, 5.41) is 2.68. The monoisotopic (exact) mass is 344 g/mol. The summed E-state index contributed by atoms with van der Waals surface area (Å²) >= 11 is 0. The van der Waals surface area contributed by atoms with E-state index in [1.54, 1.807) is 24.3 Å². The summed E-state index contributed by atoms with van der Waals surface area (Å²) in [5.41, 5.74) is 1.20. The second-order valence-corrected chi connectivity index (χ2v) is 6.71. The van der Waals surface area contributed by atoms with Crippen molar-refractivity contribution in [1.82, 2.24) is 9.80 Å². The standard InChI is InChI=1S/C18H24N4O3/c1-13(23)19-14-4-6-15(7-5-14)22-17(24)12-16(18(22)25)21-9-3-8-20(2)10-11-21/h4-7,16H,3,8-12H2,1-2H3,(H,19,23). The molecule has 7 nitrogen and oxygen atoms in total. The van der Waals surface area contributed by atoms with Crippen LogP contribution in [0.5, 0.6) is 0 Å². The number of rotatable bonds is 3. The summed E-state index contributed by atoms with van der Waals surface area (Å²) in [6, 6.07) is 6.42. The van der Waals surface area contributed by atoms with Gasteiger partial charge in [-0.25, -0.2) is 4.90 Å². The van der Waals surface area contributed by atoms with E-state index < -0.39 is 0 Å². The minimum absolute atomic E-state index is 0.151. The van der Waals surface area contributed by atoms with Gasteiger partial charge < -0.3 is 10.2 Å². The molecule has 2 aliphatic rings. The summed E-state index contributed by atoms with van der Waals surface area (Å²) in [6.07, 6.45) is 1.23. The smallest absolute Gasteiger partial charge is 0.251 e. The molecule has 134 valence electrons.